The van der Waals surface area contributed by atoms with E-state index in [-0.39, 0.29) is 29.4 Å². The minimum absolute atomic E-state index is 0.0365. The van der Waals surface area contributed by atoms with E-state index in [2.05, 4.69) is 37.0 Å². The lowest BCUT2D eigenvalue weighted by Gasteiger charge is -2.28. The molecule has 1 aliphatic rings. The first kappa shape index (κ1) is 25.3. The fourth-order valence-corrected chi connectivity index (χ4v) is 4.56. The summed E-state index contributed by atoms with van der Waals surface area (Å²) >= 11 is 0. The van der Waals surface area contributed by atoms with Crippen LogP contribution in [0.5, 0.6) is 0 Å². The molecule has 1 fully saturated rings. The minimum atomic E-state index is -4.76. The van der Waals surface area contributed by atoms with Crippen molar-refractivity contribution in [3.8, 4) is 22.5 Å². The number of nitrogen functional groups attached to an aromatic ring is 1. The van der Waals surface area contributed by atoms with Crippen LogP contribution in [-0.4, -0.2) is 38.8 Å². The van der Waals surface area contributed by atoms with Crippen LogP contribution in [0.3, 0.4) is 0 Å². The third-order valence-corrected chi connectivity index (χ3v) is 6.45. The quantitative estimate of drug-likeness (QED) is 0.331. The molecular formula is C28H25F3N6O. The van der Waals surface area contributed by atoms with Gasteiger partial charge in [0.1, 0.15) is 11.5 Å². The van der Waals surface area contributed by atoms with Crippen LogP contribution < -0.4 is 10.6 Å². The van der Waals surface area contributed by atoms with Gasteiger partial charge in [0.15, 0.2) is 5.78 Å². The molecule has 194 valence electrons. The van der Waals surface area contributed by atoms with E-state index >= 15 is 0 Å². The summed E-state index contributed by atoms with van der Waals surface area (Å²) in [5.41, 5.74) is 9.26. The second-order valence-corrected chi connectivity index (χ2v) is 9.13. The van der Waals surface area contributed by atoms with Gasteiger partial charge in [0.2, 0.25) is 5.82 Å². The highest BCUT2D eigenvalue weighted by Crippen LogP contribution is 2.31. The highest BCUT2D eigenvalue weighted by atomic mass is 19.4. The lowest BCUT2D eigenvalue weighted by Crippen LogP contribution is -2.29. The van der Waals surface area contributed by atoms with Crippen molar-refractivity contribution < 1.29 is 18.0 Å². The number of ketones is 1. The molecule has 0 unspecified atom stereocenters. The average Bonchev–Trinajstić information content (AvgIpc) is 2.93. The zero-order chi connectivity index (χ0) is 26.7. The number of rotatable bonds is 6. The second kappa shape index (κ2) is 10.6. The summed E-state index contributed by atoms with van der Waals surface area (Å²) in [5, 5.41) is 0. The second-order valence-electron chi connectivity index (χ2n) is 9.13. The molecule has 2 N–H and O–H groups in total. The van der Waals surface area contributed by atoms with Crippen LogP contribution in [0.2, 0.25) is 0 Å². The predicted molar refractivity (Wildman–Crippen MR) is 138 cm³/mol. The van der Waals surface area contributed by atoms with Gasteiger partial charge in [0.05, 0.1) is 11.4 Å². The SMILES string of the molecule is Nc1cc(-c2ccncc2CC(=O)c2cccc(-c3ccc(N4CCCCC4)cc3)n2)nc(C(F)(F)F)n1. The number of carbonyl (C=O) groups excluding carboxylic acids is 1. The molecule has 10 heteroatoms. The number of benzene rings is 1. The number of pyridine rings is 2. The molecule has 0 bridgehead atoms. The maximum absolute atomic E-state index is 13.2. The van der Waals surface area contributed by atoms with Crippen LogP contribution in [0.4, 0.5) is 24.7 Å². The number of anilines is 2. The maximum Gasteiger partial charge on any atom is 0.451 e. The highest BCUT2D eigenvalue weighted by molar-refractivity contribution is 5.97. The summed E-state index contributed by atoms with van der Waals surface area (Å²) in [5.74, 6) is -1.97. The number of aromatic nitrogens is 4. The molecule has 0 aliphatic carbocycles. The molecule has 0 amide bonds. The van der Waals surface area contributed by atoms with E-state index in [1.54, 1.807) is 12.1 Å². The Hall–Kier alpha value is -4.34. The summed E-state index contributed by atoms with van der Waals surface area (Å²) in [6.45, 7) is 2.11. The van der Waals surface area contributed by atoms with E-state index in [1.165, 1.54) is 49.5 Å². The van der Waals surface area contributed by atoms with Crippen LogP contribution in [0, 0.1) is 0 Å². The summed E-state index contributed by atoms with van der Waals surface area (Å²) < 4.78 is 39.7. The van der Waals surface area contributed by atoms with Gasteiger partial charge in [-0.05, 0) is 55.2 Å². The Bertz CT molecular complexity index is 1450. The molecule has 0 spiro atoms. The standard InChI is InChI=1S/C28H25F3N6O/c29-28(30,31)27-35-24(16-26(32)36-27)21-11-12-33-17-19(21)15-25(38)23-6-4-5-22(34-23)18-7-9-20(10-8-18)37-13-2-1-3-14-37/h4-12,16-17H,1-3,13-15H2,(H2,32,35,36). The van der Waals surface area contributed by atoms with E-state index in [0.717, 1.165) is 18.7 Å². The fourth-order valence-electron chi connectivity index (χ4n) is 4.56. The molecular weight excluding hydrogens is 493 g/mol. The topological polar surface area (TPSA) is 97.9 Å². The Kier molecular flexibility index (Phi) is 7.04. The monoisotopic (exact) mass is 518 g/mol. The van der Waals surface area contributed by atoms with E-state index in [9.17, 15) is 18.0 Å². The third kappa shape index (κ3) is 5.64. The number of Topliss-reactive ketones (excluding diaryl/α,β-unsaturated/α-hetero) is 1. The average molecular weight is 519 g/mol. The van der Waals surface area contributed by atoms with Crippen molar-refractivity contribution in [3.05, 3.63) is 84.1 Å². The lowest BCUT2D eigenvalue weighted by atomic mass is 10.00. The largest absolute Gasteiger partial charge is 0.451 e. The molecule has 38 heavy (non-hydrogen) atoms. The van der Waals surface area contributed by atoms with Crippen molar-refractivity contribution in [3.63, 3.8) is 0 Å². The molecule has 4 heterocycles. The predicted octanol–water partition coefficient (Wildman–Crippen LogP) is 5.62. The number of halogens is 3. The molecule has 1 aliphatic heterocycles. The molecule has 3 aromatic heterocycles. The molecule has 0 saturated carbocycles. The molecule has 0 atom stereocenters. The van der Waals surface area contributed by atoms with Gasteiger partial charge >= 0.3 is 6.18 Å². The number of hydrogen-bond donors (Lipinski definition) is 1. The molecule has 7 nitrogen and oxygen atoms in total. The first-order valence-corrected chi connectivity index (χ1v) is 12.3. The summed E-state index contributed by atoms with van der Waals surface area (Å²) in [6, 6.07) is 16.1. The van der Waals surface area contributed by atoms with Gasteiger partial charge in [-0.2, -0.15) is 13.2 Å². The first-order chi connectivity index (χ1) is 18.3. The Morgan fingerprint density at radius 1 is 0.921 bits per heavy atom. The van der Waals surface area contributed by atoms with Crippen molar-refractivity contribution in [2.45, 2.75) is 31.9 Å². The Morgan fingerprint density at radius 2 is 1.68 bits per heavy atom. The number of piperidine rings is 1. The summed E-state index contributed by atoms with van der Waals surface area (Å²) in [7, 11) is 0. The summed E-state index contributed by atoms with van der Waals surface area (Å²) in [6.07, 6.45) is 1.62. The number of nitrogens with zero attached hydrogens (tertiary/aromatic N) is 5. The third-order valence-electron chi connectivity index (χ3n) is 6.45. The van der Waals surface area contributed by atoms with Gasteiger partial charge in [0.25, 0.3) is 0 Å². The van der Waals surface area contributed by atoms with Gasteiger partial charge in [-0.1, -0.05) is 18.2 Å². The van der Waals surface area contributed by atoms with Crippen molar-refractivity contribution in [2.24, 2.45) is 0 Å². The molecule has 5 rings (SSSR count). The van der Waals surface area contributed by atoms with Gasteiger partial charge in [-0.25, -0.2) is 15.0 Å². The van der Waals surface area contributed by atoms with E-state index in [4.69, 9.17) is 5.73 Å². The van der Waals surface area contributed by atoms with Gasteiger partial charge < -0.3 is 10.6 Å². The minimum Gasteiger partial charge on any atom is -0.384 e. The maximum atomic E-state index is 13.2. The van der Waals surface area contributed by atoms with E-state index in [1.807, 2.05) is 18.2 Å². The normalized spacial score (nSPS) is 13.9. The van der Waals surface area contributed by atoms with Gasteiger partial charge in [-0.3, -0.25) is 9.78 Å². The lowest BCUT2D eigenvalue weighted by molar-refractivity contribution is -0.144. The van der Waals surface area contributed by atoms with Crippen LogP contribution in [-0.2, 0) is 12.6 Å². The zero-order valence-electron chi connectivity index (χ0n) is 20.4. The first-order valence-electron chi connectivity index (χ1n) is 12.3. The number of hydrogen-bond acceptors (Lipinski definition) is 7. The van der Waals surface area contributed by atoms with Gasteiger partial charge in [-0.15, -0.1) is 0 Å². The number of alkyl halides is 3. The highest BCUT2D eigenvalue weighted by Gasteiger charge is 2.35. The van der Waals surface area contributed by atoms with E-state index < -0.39 is 12.0 Å². The van der Waals surface area contributed by atoms with Crippen LogP contribution in [0.15, 0.2) is 67.0 Å². The van der Waals surface area contributed by atoms with Crippen LogP contribution in [0.25, 0.3) is 22.5 Å². The molecule has 0 radical (unpaired) electrons. The van der Waals surface area contributed by atoms with Crippen molar-refractivity contribution in [1.82, 2.24) is 19.9 Å². The van der Waals surface area contributed by atoms with Crippen molar-refractivity contribution >= 4 is 17.3 Å². The fraction of sp³-hybridized carbons (Fsp3) is 0.250. The molecule has 1 saturated heterocycles. The smallest absolute Gasteiger partial charge is 0.384 e. The van der Waals surface area contributed by atoms with Crippen molar-refractivity contribution in [2.75, 3.05) is 23.7 Å². The van der Waals surface area contributed by atoms with Crippen molar-refractivity contribution in [1.29, 1.82) is 0 Å². The molecule has 4 aromatic rings. The van der Waals surface area contributed by atoms with E-state index in [0.29, 0.717) is 16.8 Å². The van der Waals surface area contributed by atoms with Gasteiger partial charge in [0, 0.05) is 54.8 Å². The zero-order valence-corrected chi connectivity index (χ0v) is 20.4. The number of carbonyl (C=O) groups is 1. The Morgan fingerprint density at radius 3 is 2.42 bits per heavy atom. The van der Waals surface area contributed by atoms with Crippen LogP contribution >= 0.6 is 0 Å². The summed E-state index contributed by atoms with van der Waals surface area (Å²) in [4.78, 5) is 31.1. The number of nitrogens with two attached hydrogens (primary N) is 1. The Labute approximate surface area is 217 Å². The Balaban J connectivity index is 1.38. The van der Waals surface area contributed by atoms with Crippen LogP contribution in [0.1, 0.15) is 41.1 Å². The molecule has 1 aromatic carbocycles.